The summed E-state index contributed by atoms with van der Waals surface area (Å²) in [5.74, 6) is -0.339. The van der Waals surface area contributed by atoms with Crippen LogP contribution < -0.4 is 15.8 Å². The maximum absolute atomic E-state index is 12.5. The van der Waals surface area contributed by atoms with Gasteiger partial charge >= 0.3 is 6.61 Å². The molecule has 4 rings (SSSR count). The lowest BCUT2D eigenvalue weighted by molar-refractivity contribution is -0.128. The van der Waals surface area contributed by atoms with E-state index in [-0.39, 0.29) is 29.0 Å². The van der Waals surface area contributed by atoms with Crippen LogP contribution in [0, 0.1) is 5.92 Å². The molecule has 0 aromatic carbocycles. The fraction of sp³-hybridized carbons (Fsp3) is 0.474. The van der Waals surface area contributed by atoms with Crippen molar-refractivity contribution in [1.82, 2.24) is 9.97 Å². The summed E-state index contributed by atoms with van der Waals surface area (Å²) in [6.07, 6.45) is 1.76. The molecule has 1 saturated heterocycles. The number of nitrogens with one attached hydrogen (secondary N) is 1. The number of amidine groups is 1. The van der Waals surface area contributed by atoms with E-state index in [4.69, 9.17) is 15.2 Å². The van der Waals surface area contributed by atoms with Gasteiger partial charge in [-0.1, -0.05) is 0 Å². The summed E-state index contributed by atoms with van der Waals surface area (Å²) in [6, 6.07) is 2.61. The van der Waals surface area contributed by atoms with Gasteiger partial charge in [0.25, 0.3) is 11.9 Å². The minimum Gasteiger partial charge on any atom is -0.465 e. The van der Waals surface area contributed by atoms with Crippen molar-refractivity contribution >= 4 is 29.1 Å². The highest BCUT2D eigenvalue weighted by Gasteiger charge is 2.52. The number of halogens is 2. The zero-order chi connectivity index (χ0) is 22.2. The highest BCUT2D eigenvalue weighted by Crippen LogP contribution is 2.47. The average Bonchev–Trinajstić information content (AvgIpc) is 3.17. The van der Waals surface area contributed by atoms with Crippen LogP contribution >= 0.6 is 11.3 Å². The summed E-state index contributed by atoms with van der Waals surface area (Å²) in [5, 5.41) is 5.00. The molecule has 3 N–H and O–H groups in total. The third kappa shape index (κ3) is 4.44. The van der Waals surface area contributed by atoms with E-state index in [1.807, 2.05) is 13.8 Å². The van der Waals surface area contributed by atoms with Gasteiger partial charge in [0, 0.05) is 11.3 Å². The second-order valence-corrected chi connectivity index (χ2v) is 8.74. The number of hydrogen-bond donors (Lipinski definition) is 2. The lowest BCUT2D eigenvalue weighted by Crippen LogP contribution is -2.54. The molecule has 2 aliphatic rings. The van der Waals surface area contributed by atoms with Crippen molar-refractivity contribution in [2.45, 2.75) is 38.0 Å². The molecular formula is C19H21F2N5O4S. The molecule has 1 fully saturated rings. The van der Waals surface area contributed by atoms with Gasteiger partial charge in [-0.25, -0.2) is 15.0 Å². The Morgan fingerprint density at radius 1 is 1.42 bits per heavy atom. The molecule has 0 bridgehead atoms. The van der Waals surface area contributed by atoms with E-state index < -0.39 is 18.1 Å². The molecule has 0 saturated carbocycles. The topological polar surface area (TPSA) is 121 Å². The highest BCUT2D eigenvalue weighted by molar-refractivity contribution is 7.10. The predicted octanol–water partition coefficient (Wildman–Crippen LogP) is 2.75. The first kappa shape index (κ1) is 21.4. The van der Waals surface area contributed by atoms with Crippen LogP contribution in [0.4, 0.5) is 14.6 Å². The number of rotatable bonds is 5. The lowest BCUT2D eigenvalue weighted by atomic mass is 9.76. The van der Waals surface area contributed by atoms with Crippen LogP contribution in [0.3, 0.4) is 0 Å². The van der Waals surface area contributed by atoms with E-state index in [1.165, 1.54) is 23.5 Å². The molecule has 2 aliphatic heterocycles. The number of ether oxygens (including phenoxy) is 3. The predicted molar refractivity (Wildman–Crippen MR) is 108 cm³/mol. The smallest absolute Gasteiger partial charge is 0.387 e. The van der Waals surface area contributed by atoms with Crippen molar-refractivity contribution in [1.29, 1.82) is 0 Å². The molecule has 2 atom stereocenters. The van der Waals surface area contributed by atoms with Crippen LogP contribution in [-0.4, -0.2) is 47.3 Å². The van der Waals surface area contributed by atoms with Gasteiger partial charge in [0.15, 0.2) is 0 Å². The maximum Gasteiger partial charge on any atom is 0.387 e. The van der Waals surface area contributed by atoms with E-state index in [0.29, 0.717) is 30.5 Å². The van der Waals surface area contributed by atoms with Gasteiger partial charge in [-0.2, -0.15) is 8.78 Å². The Morgan fingerprint density at radius 2 is 2.23 bits per heavy atom. The molecular weight excluding hydrogens is 432 g/mol. The summed E-state index contributed by atoms with van der Waals surface area (Å²) in [7, 11) is 0. The average molecular weight is 453 g/mol. The Bertz CT molecular complexity index is 997. The van der Waals surface area contributed by atoms with Gasteiger partial charge < -0.3 is 25.3 Å². The van der Waals surface area contributed by atoms with E-state index in [1.54, 1.807) is 5.38 Å². The van der Waals surface area contributed by atoms with Gasteiger partial charge in [0.1, 0.15) is 27.8 Å². The summed E-state index contributed by atoms with van der Waals surface area (Å²) in [5.41, 5.74) is 4.78. The summed E-state index contributed by atoms with van der Waals surface area (Å²) in [6.45, 7) is 1.76. The van der Waals surface area contributed by atoms with Gasteiger partial charge in [-0.3, -0.25) is 4.79 Å². The summed E-state index contributed by atoms with van der Waals surface area (Å²) in [4.78, 5) is 25.4. The Morgan fingerprint density at radius 3 is 2.94 bits per heavy atom. The molecule has 1 amide bonds. The van der Waals surface area contributed by atoms with Crippen molar-refractivity contribution in [3.63, 3.8) is 0 Å². The van der Waals surface area contributed by atoms with Crippen LogP contribution in [0.25, 0.3) is 0 Å². The third-order valence-corrected chi connectivity index (χ3v) is 6.16. The third-order valence-electron chi connectivity index (χ3n) is 5.15. The second kappa shape index (κ2) is 8.00. The van der Waals surface area contributed by atoms with Crippen molar-refractivity contribution in [2.24, 2.45) is 16.6 Å². The minimum atomic E-state index is -2.96. The number of carbonyl (C=O) groups is 1. The molecule has 0 spiro atoms. The number of fused-ring (bicyclic) bond motifs is 1. The number of anilines is 1. The molecule has 166 valence electrons. The SMILES string of the molecule is CC1(C)C[C@H]2COC(N)=N[C@@]2(c2nc(NC(=O)c3ccc(OC(F)F)cn3)cs2)CO1. The van der Waals surface area contributed by atoms with Gasteiger partial charge in [0.2, 0.25) is 0 Å². The number of nitrogens with zero attached hydrogens (tertiary/aromatic N) is 3. The van der Waals surface area contributed by atoms with Gasteiger partial charge in [0.05, 0.1) is 25.0 Å². The summed E-state index contributed by atoms with van der Waals surface area (Å²) < 4.78 is 40.2. The number of alkyl halides is 2. The van der Waals surface area contributed by atoms with Crippen molar-refractivity contribution < 1.29 is 27.8 Å². The van der Waals surface area contributed by atoms with E-state index in [0.717, 1.165) is 6.20 Å². The normalized spacial score (nSPS) is 24.7. The second-order valence-electron chi connectivity index (χ2n) is 7.88. The molecule has 12 heteroatoms. The first-order valence-electron chi connectivity index (χ1n) is 9.47. The largest absolute Gasteiger partial charge is 0.465 e. The number of aliphatic imine (C=N–C) groups is 1. The standard InChI is InChI=1S/C19H21F2N5O4S/c1-18(2)5-10-7-28-17(22)26-19(10,9-29-18)15-25-13(8-31-15)24-14(27)12-4-3-11(6-23-12)30-16(20)21/h3-4,6,8,10,16H,5,7,9H2,1-2H3,(H2,22,26)(H,24,27)/t10-,19-/m0/s1. The maximum atomic E-state index is 12.5. The number of thiazole rings is 1. The van der Waals surface area contributed by atoms with Crippen LogP contribution in [0.15, 0.2) is 28.7 Å². The Balaban J connectivity index is 1.52. The van der Waals surface area contributed by atoms with E-state index in [9.17, 15) is 13.6 Å². The van der Waals surface area contributed by atoms with E-state index in [2.05, 4.69) is 25.0 Å². The fourth-order valence-corrected chi connectivity index (χ4v) is 4.62. The number of nitrogens with two attached hydrogens (primary N) is 1. The van der Waals surface area contributed by atoms with Crippen LogP contribution in [-0.2, 0) is 15.0 Å². The van der Waals surface area contributed by atoms with Crippen LogP contribution in [0.5, 0.6) is 5.75 Å². The Labute approximate surface area is 180 Å². The zero-order valence-corrected chi connectivity index (χ0v) is 17.6. The van der Waals surface area contributed by atoms with Crippen LogP contribution in [0.1, 0.15) is 35.8 Å². The van der Waals surface area contributed by atoms with Gasteiger partial charge in [-0.05, 0) is 32.4 Å². The molecule has 0 radical (unpaired) electrons. The number of amides is 1. The number of hydrogen-bond acceptors (Lipinski definition) is 9. The quantitative estimate of drug-likeness (QED) is 0.714. The lowest BCUT2D eigenvalue weighted by Gasteiger charge is -2.47. The highest BCUT2D eigenvalue weighted by atomic mass is 32.1. The monoisotopic (exact) mass is 453 g/mol. The van der Waals surface area contributed by atoms with E-state index >= 15 is 0 Å². The summed E-state index contributed by atoms with van der Waals surface area (Å²) >= 11 is 1.33. The minimum absolute atomic E-state index is 0.0160. The molecule has 31 heavy (non-hydrogen) atoms. The number of aromatic nitrogens is 2. The number of carbonyl (C=O) groups excluding carboxylic acids is 1. The van der Waals surface area contributed by atoms with Crippen molar-refractivity contribution in [2.75, 3.05) is 18.5 Å². The van der Waals surface area contributed by atoms with Crippen LogP contribution in [0.2, 0.25) is 0 Å². The Kier molecular flexibility index (Phi) is 5.52. The van der Waals surface area contributed by atoms with Gasteiger partial charge in [-0.15, -0.1) is 11.3 Å². The first-order chi connectivity index (χ1) is 14.7. The molecule has 9 nitrogen and oxygen atoms in total. The molecule has 0 unspecified atom stereocenters. The molecule has 0 aliphatic carbocycles. The fourth-order valence-electron chi connectivity index (χ4n) is 3.66. The molecule has 2 aromatic heterocycles. The first-order valence-corrected chi connectivity index (χ1v) is 10.4. The number of pyridine rings is 1. The Hall–Kier alpha value is -2.86. The van der Waals surface area contributed by atoms with Crippen molar-refractivity contribution in [3.05, 3.63) is 34.4 Å². The molecule has 2 aromatic rings. The molecule has 4 heterocycles. The zero-order valence-electron chi connectivity index (χ0n) is 16.8. The van der Waals surface area contributed by atoms with Crippen molar-refractivity contribution in [3.8, 4) is 5.75 Å².